The predicted molar refractivity (Wildman–Crippen MR) is 85.6 cm³/mol. The van der Waals surface area contributed by atoms with Gasteiger partial charge in [0.25, 0.3) is 5.91 Å². The fourth-order valence-electron chi connectivity index (χ4n) is 2.03. The fraction of sp³-hybridized carbons (Fsp3) is 0.118. The number of aromatic carboxylic acids is 1. The van der Waals surface area contributed by atoms with Crippen molar-refractivity contribution in [2.75, 3.05) is 19.5 Å². The number of carbonyl (C=O) groups excluding carboxylic acids is 1. The normalized spacial score (nSPS) is 9.71. The molecule has 2 aromatic rings. The molecule has 2 rings (SSSR count). The van der Waals surface area contributed by atoms with E-state index in [2.05, 4.69) is 5.32 Å². The first-order valence-corrected chi connectivity index (χ1v) is 6.80. The van der Waals surface area contributed by atoms with Gasteiger partial charge in [-0.1, -0.05) is 0 Å². The summed E-state index contributed by atoms with van der Waals surface area (Å²) < 4.78 is 10.2. The topological polar surface area (TPSA) is 109 Å². The van der Waals surface area contributed by atoms with Gasteiger partial charge in [0, 0.05) is 11.6 Å². The molecule has 2 aromatic carbocycles. The Kier molecular flexibility index (Phi) is 5.02. The monoisotopic (exact) mass is 326 g/mol. The molecule has 0 fully saturated rings. The Morgan fingerprint density at radius 1 is 1.08 bits per heavy atom. The first-order valence-electron chi connectivity index (χ1n) is 6.80. The van der Waals surface area contributed by atoms with Crippen LogP contribution in [0.4, 0.5) is 5.69 Å². The Morgan fingerprint density at radius 2 is 1.71 bits per heavy atom. The Balaban J connectivity index is 2.37. The molecular formula is C17H14N2O5. The summed E-state index contributed by atoms with van der Waals surface area (Å²) in [6.45, 7) is 0. The molecule has 0 saturated carbocycles. The summed E-state index contributed by atoms with van der Waals surface area (Å²) in [5, 5.41) is 20.6. The molecule has 0 radical (unpaired) electrons. The minimum atomic E-state index is -1.24. The molecule has 122 valence electrons. The van der Waals surface area contributed by atoms with E-state index >= 15 is 0 Å². The number of amides is 1. The minimum Gasteiger partial charge on any atom is -0.497 e. The zero-order chi connectivity index (χ0) is 17.7. The third kappa shape index (κ3) is 3.62. The average Bonchev–Trinajstić information content (AvgIpc) is 2.61. The highest BCUT2D eigenvalue weighted by Gasteiger charge is 2.16. The van der Waals surface area contributed by atoms with Crippen LogP contribution in [0.5, 0.6) is 11.5 Å². The van der Waals surface area contributed by atoms with E-state index in [4.69, 9.17) is 14.7 Å². The minimum absolute atomic E-state index is 0.0910. The lowest BCUT2D eigenvalue weighted by Crippen LogP contribution is -2.15. The number of rotatable bonds is 5. The first-order chi connectivity index (χ1) is 11.5. The van der Waals surface area contributed by atoms with Gasteiger partial charge in [-0.05, 0) is 30.3 Å². The molecule has 0 atom stereocenters. The summed E-state index contributed by atoms with van der Waals surface area (Å²) in [5.41, 5.74) is 0.353. The van der Waals surface area contributed by atoms with Crippen LogP contribution in [-0.4, -0.2) is 31.2 Å². The van der Waals surface area contributed by atoms with Crippen LogP contribution in [0.15, 0.2) is 36.4 Å². The van der Waals surface area contributed by atoms with Gasteiger partial charge in [-0.15, -0.1) is 0 Å². The Morgan fingerprint density at radius 3 is 2.21 bits per heavy atom. The number of hydrogen-bond donors (Lipinski definition) is 2. The van der Waals surface area contributed by atoms with E-state index in [-0.39, 0.29) is 22.4 Å². The van der Waals surface area contributed by atoms with Gasteiger partial charge in [0.15, 0.2) is 0 Å². The van der Waals surface area contributed by atoms with E-state index in [1.165, 1.54) is 44.6 Å². The Hall–Kier alpha value is -3.53. The van der Waals surface area contributed by atoms with Gasteiger partial charge in [0.05, 0.1) is 37.1 Å². The molecule has 0 heterocycles. The SMILES string of the molecule is COc1cc(OC)cc(C(=O)Nc2ccc(C#N)cc2C(=O)O)c1. The third-order valence-corrected chi connectivity index (χ3v) is 3.24. The number of nitriles is 1. The second kappa shape index (κ2) is 7.15. The molecule has 0 bridgehead atoms. The molecule has 1 amide bonds. The summed E-state index contributed by atoms with van der Waals surface area (Å²) >= 11 is 0. The van der Waals surface area contributed by atoms with E-state index in [1.807, 2.05) is 6.07 Å². The van der Waals surface area contributed by atoms with Crippen molar-refractivity contribution in [3.63, 3.8) is 0 Å². The standard InChI is InChI=1S/C17H14N2O5/c1-23-12-6-11(7-13(8-12)24-2)16(20)19-15-4-3-10(9-18)5-14(15)17(21)22/h3-8H,1-2H3,(H,19,20)(H,21,22). The zero-order valence-corrected chi connectivity index (χ0v) is 13.0. The molecule has 24 heavy (non-hydrogen) atoms. The van der Waals surface area contributed by atoms with Gasteiger partial charge in [-0.25, -0.2) is 4.79 Å². The second-order valence-electron chi connectivity index (χ2n) is 4.73. The summed E-state index contributed by atoms with van der Waals surface area (Å²) in [7, 11) is 2.92. The van der Waals surface area contributed by atoms with E-state index in [1.54, 1.807) is 6.07 Å². The number of anilines is 1. The van der Waals surface area contributed by atoms with E-state index in [9.17, 15) is 14.7 Å². The van der Waals surface area contributed by atoms with Crippen molar-refractivity contribution in [1.82, 2.24) is 0 Å². The first kappa shape index (κ1) is 16.8. The van der Waals surface area contributed by atoms with Crippen LogP contribution >= 0.6 is 0 Å². The van der Waals surface area contributed by atoms with Crippen LogP contribution in [0.1, 0.15) is 26.3 Å². The molecule has 0 aromatic heterocycles. The van der Waals surface area contributed by atoms with Crippen LogP contribution in [0, 0.1) is 11.3 Å². The van der Waals surface area contributed by atoms with Crippen molar-refractivity contribution in [1.29, 1.82) is 5.26 Å². The molecule has 0 saturated heterocycles. The molecule has 7 nitrogen and oxygen atoms in total. The van der Waals surface area contributed by atoms with Gasteiger partial charge in [-0.2, -0.15) is 5.26 Å². The molecule has 0 unspecified atom stereocenters. The summed E-state index contributed by atoms with van der Waals surface area (Å²) in [4.78, 5) is 23.7. The Bertz CT molecular complexity index is 817. The van der Waals surface area contributed by atoms with E-state index < -0.39 is 11.9 Å². The summed E-state index contributed by atoms with van der Waals surface area (Å²) in [5.74, 6) is -0.916. The lowest BCUT2D eigenvalue weighted by molar-refractivity contribution is 0.0698. The van der Waals surface area contributed by atoms with Crippen LogP contribution < -0.4 is 14.8 Å². The van der Waals surface area contributed by atoms with Crippen LogP contribution in [0.2, 0.25) is 0 Å². The van der Waals surface area contributed by atoms with Crippen molar-refractivity contribution in [2.24, 2.45) is 0 Å². The largest absolute Gasteiger partial charge is 0.497 e. The average molecular weight is 326 g/mol. The van der Waals surface area contributed by atoms with Crippen molar-refractivity contribution in [3.05, 3.63) is 53.1 Å². The smallest absolute Gasteiger partial charge is 0.337 e. The van der Waals surface area contributed by atoms with Gasteiger partial charge in [0.2, 0.25) is 0 Å². The number of carboxylic acids is 1. The molecule has 0 aliphatic heterocycles. The van der Waals surface area contributed by atoms with Crippen LogP contribution in [0.25, 0.3) is 0 Å². The number of carbonyl (C=O) groups is 2. The maximum Gasteiger partial charge on any atom is 0.337 e. The van der Waals surface area contributed by atoms with Gasteiger partial charge < -0.3 is 19.9 Å². The number of methoxy groups -OCH3 is 2. The molecular weight excluding hydrogens is 312 g/mol. The Labute approximate surface area is 138 Å². The highest BCUT2D eigenvalue weighted by atomic mass is 16.5. The van der Waals surface area contributed by atoms with Crippen molar-refractivity contribution in [2.45, 2.75) is 0 Å². The van der Waals surface area contributed by atoms with Crippen LogP contribution in [0.3, 0.4) is 0 Å². The second-order valence-corrected chi connectivity index (χ2v) is 4.73. The molecule has 7 heteroatoms. The molecule has 0 spiro atoms. The lowest BCUT2D eigenvalue weighted by Gasteiger charge is -2.11. The third-order valence-electron chi connectivity index (χ3n) is 3.24. The van der Waals surface area contributed by atoms with Crippen molar-refractivity contribution >= 4 is 17.6 Å². The number of hydrogen-bond acceptors (Lipinski definition) is 5. The number of nitrogens with one attached hydrogen (secondary N) is 1. The molecule has 2 N–H and O–H groups in total. The maximum atomic E-state index is 12.4. The molecule has 0 aliphatic carbocycles. The quantitative estimate of drug-likeness (QED) is 0.874. The lowest BCUT2D eigenvalue weighted by atomic mass is 10.1. The van der Waals surface area contributed by atoms with Gasteiger partial charge >= 0.3 is 5.97 Å². The van der Waals surface area contributed by atoms with Gasteiger partial charge in [-0.3, -0.25) is 4.79 Å². The summed E-state index contributed by atoms with van der Waals surface area (Å²) in [6.07, 6.45) is 0. The summed E-state index contributed by atoms with van der Waals surface area (Å²) in [6, 6.07) is 10.5. The number of benzene rings is 2. The number of nitrogens with zero attached hydrogens (tertiary/aromatic N) is 1. The maximum absolute atomic E-state index is 12.4. The zero-order valence-electron chi connectivity index (χ0n) is 13.0. The van der Waals surface area contributed by atoms with Crippen LogP contribution in [-0.2, 0) is 0 Å². The van der Waals surface area contributed by atoms with E-state index in [0.717, 1.165) is 0 Å². The van der Waals surface area contributed by atoms with Crippen molar-refractivity contribution in [3.8, 4) is 17.6 Å². The molecule has 0 aliphatic rings. The number of carboxylic acid groups (broad SMARTS) is 1. The highest BCUT2D eigenvalue weighted by molar-refractivity contribution is 6.08. The van der Waals surface area contributed by atoms with Crippen molar-refractivity contribution < 1.29 is 24.2 Å². The van der Waals surface area contributed by atoms with Gasteiger partial charge in [0.1, 0.15) is 11.5 Å². The highest BCUT2D eigenvalue weighted by Crippen LogP contribution is 2.24. The fourth-order valence-corrected chi connectivity index (χ4v) is 2.03. The predicted octanol–water partition coefficient (Wildman–Crippen LogP) is 2.53. The van der Waals surface area contributed by atoms with E-state index in [0.29, 0.717) is 11.5 Å². The number of ether oxygens (including phenoxy) is 2.